The summed E-state index contributed by atoms with van der Waals surface area (Å²) in [5, 5.41) is 5.47. The van der Waals surface area contributed by atoms with Gasteiger partial charge in [0.15, 0.2) is 11.6 Å². The second-order valence-electron chi connectivity index (χ2n) is 24.2. The maximum absolute atomic E-state index is 12.2. The van der Waals surface area contributed by atoms with Crippen molar-refractivity contribution in [2.75, 3.05) is 85.6 Å². The zero-order valence-corrected chi connectivity index (χ0v) is 53.5. The Balaban J connectivity index is 0.00000110. The minimum absolute atomic E-state index is 0.0109. The SMILES string of the molecule is CC(C)C(=O)CCCCCN1C(=O)CC(C(C)C)C1=O.CC(C)C(=O)CCN1C(=O)CC(C(C)C)C1=O.CC(C)C(=O)COCCOCCNC(=O)CCN1C(=O)CC(C(C)C)C1=O.CC(C)CC(=O)NCCOCCOCC(=O)C(C)C. The van der Waals surface area contributed by atoms with E-state index in [1.165, 1.54) is 14.7 Å². The maximum Gasteiger partial charge on any atom is 0.233 e. The molecule has 3 rings (SSSR count). The molecule has 476 valence electrons. The van der Waals surface area contributed by atoms with E-state index in [2.05, 4.69) is 10.6 Å². The molecule has 3 unspecified atom stereocenters. The fraction of sp³-hybridized carbons (Fsp3) is 0.806. The summed E-state index contributed by atoms with van der Waals surface area (Å²) in [5.74, 6) is 0.00422. The number of imide groups is 3. The van der Waals surface area contributed by atoms with E-state index in [4.69, 9.17) is 18.9 Å². The zero-order valence-electron chi connectivity index (χ0n) is 53.5. The van der Waals surface area contributed by atoms with Crippen LogP contribution in [0.3, 0.4) is 0 Å². The van der Waals surface area contributed by atoms with Crippen molar-refractivity contribution < 1.29 is 76.5 Å². The maximum atomic E-state index is 12.2. The van der Waals surface area contributed by atoms with Crippen molar-refractivity contribution >= 4 is 70.4 Å². The van der Waals surface area contributed by atoms with Crippen LogP contribution in [0.15, 0.2) is 0 Å². The third-order valence-corrected chi connectivity index (χ3v) is 14.2. The minimum Gasteiger partial charge on any atom is -0.377 e. The van der Waals surface area contributed by atoms with Crippen LogP contribution >= 0.6 is 0 Å². The molecule has 2 N–H and O–H groups in total. The van der Waals surface area contributed by atoms with Gasteiger partial charge in [-0.3, -0.25) is 72.2 Å². The highest BCUT2D eigenvalue weighted by Gasteiger charge is 2.42. The minimum atomic E-state index is -0.271. The average Bonchev–Trinajstić information content (AvgIpc) is 3.94. The summed E-state index contributed by atoms with van der Waals surface area (Å²) in [6, 6.07) is 0. The number of likely N-dealkylation sites (tertiary alicyclic amines) is 3. The molecule has 0 spiro atoms. The van der Waals surface area contributed by atoms with Gasteiger partial charge in [0.05, 0.1) is 39.6 Å². The van der Waals surface area contributed by atoms with Gasteiger partial charge in [-0.2, -0.15) is 0 Å². The first-order chi connectivity index (χ1) is 38.8. The highest BCUT2D eigenvalue weighted by molar-refractivity contribution is 6.05. The summed E-state index contributed by atoms with van der Waals surface area (Å²) in [6.07, 6.45) is 4.94. The number of carbonyl (C=O) groups is 12. The number of rotatable bonds is 37. The molecule has 0 saturated carbocycles. The van der Waals surface area contributed by atoms with Gasteiger partial charge in [0, 0.05) is 119 Å². The molecule has 83 heavy (non-hydrogen) atoms. The van der Waals surface area contributed by atoms with Gasteiger partial charge in [-0.05, 0) is 36.5 Å². The number of carbonyl (C=O) groups excluding carboxylic acids is 12. The fourth-order valence-electron chi connectivity index (χ4n) is 8.33. The van der Waals surface area contributed by atoms with E-state index in [1.807, 2.05) is 111 Å². The van der Waals surface area contributed by atoms with Crippen molar-refractivity contribution in [3.63, 3.8) is 0 Å². The van der Waals surface area contributed by atoms with Crippen LogP contribution in [0.5, 0.6) is 0 Å². The van der Waals surface area contributed by atoms with Crippen molar-refractivity contribution in [1.29, 1.82) is 0 Å². The Labute approximate surface area is 496 Å². The van der Waals surface area contributed by atoms with E-state index in [0.717, 1.165) is 19.3 Å². The van der Waals surface area contributed by atoms with E-state index in [-0.39, 0.29) is 175 Å². The van der Waals surface area contributed by atoms with Crippen molar-refractivity contribution in [3.05, 3.63) is 0 Å². The highest BCUT2D eigenvalue weighted by Crippen LogP contribution is 2.29. The number of amides is 8. The standard InChI is InChI=1S/C19H32N2O6.C16H27NO3.C14H27NO4.C13H21NO3/c1-13(2)15-11-18(24)21(19(15)25)7-5-17(23)20-6-8-26-9-10-27-12-16(22)14(3)4;1-11(2)13-10-15(19)17(16(13)20)9-7-5-6-8-14(18)12(3)4;1-11(2)9-14(17)15-5-6-18-7-8-19-10-13(16)12(3)4;1-8(2)10-7-12(16)14(13(10)17)6-5-11(15)9(3)4/h13-15H,5-12H2,1-4H3,(H,20,23);11-13H,5-10H2,1-4H3;11-12H,5-10H2,1-4H3,(H,15,17);8-10H,5-7H2,1-4H3. The Kier molecular flexibility index (Phi) is 40.0. The summed E-state index contributed by atoms with van der Waals surface area (Å²) in [5.41, 5.74) is 0. The number of hydrogen-bond donors (Lipinski definition) is 2. The van der Waals surface area contributed by atoms with E-state index in [9.17, 15) is 57.5 Å². The Hall–Kier alpha value is -5.12. The summed E-state index contributed by atoms with van der Waals surface area (Å²) in [4.78, 5) is 144. The number of nitrogens with one attached hydrogen (secondary N) is 2. The van der Waals surface area contributed by atoms with Crippen LogP contribution in [0.1, 0.15) is 175 Å². The van der Waals surface area contributed by atoms with E-state index >= 15 is 0 Å². The molecule has 3 atom stereocenters. The second-order valence-corrected chi connectivity index (χ2v) is 24.2. The molecule has 3 saturated heterocycles. The first kappa shape index (κ1) is 77.9. The van der Waals surface area contributed by atoms with Gasteiger partial charge >= 0.3 is 0 Å². The molecule has 21 nitrogen and oxygen atoms in total. The Morgan fingerprint density at radius 2 is 0.735 bits per heavy atom. The predicted octanol–water partition coefficient (Wildman–Crippen LogP) is 6.62. The van der Waals surface area contributed by atoms with Gasteiger partial charge in [-0.15, -0.1) is 0 Å². The predicted molar refractivity (Wildman–Crippen MR) is 315 cm³/mol. The lowest BCUT2D eigenvalue weighted by atomic mass is 9.94. The first-order valence-electron chi connectivity index (χ1n) is 30.3. The van der Waals surface area contributed by atoms with Crippen molar-refractivity contribution in [3.8, 4) is 0 Å². The largest absolute Gasteiger partial charge is 0.377 e. The molecule has 0 radical (unpaired) electrons. The van der Waals surface area contributed by atoms with Crippen LogP contribution in [0.4, 0.5) is 0 Å². The van der Waals surface area contributed by atoms with Crippen LogP contribution in [0, 0.1) is 65.1 Å². The van der Waals surface area contributed by atoms with Crippen molar-refractivity contribution in [2.24, 2.45) is 65.1 Å². The van der Waals surface area contributed by atoms with Gasteiger partial charge in [-0.25, -0.2) is 0 Å². The molecule has 0 aliphatic carbocycles. The summed E-state index contributed by atoms with van der Waals surface area (Å²) in [7, 11) is 0. The fourth-order valence-corrected chi connectivity index (χ4v) is 8.33. The van der Waals surface area contributed by atoms with Crippen LogP contribution in [-0.2, 0) is 76.5 Å². The highest BCUT2D eigenvalue weighted by atomic mass is 16.5. The number of Topliss-reactive ketones (excluding diaryl/α,β-unsaturated/α-hetero) is 4. The van der Waals surface area contributed by atoms with E-state index in [1.54, 1.807) is 0 Å². The molecule has 0 aromatic rings. The first-order valence-corrected chi connectivity index (χ1v) is 30.3. The third kappa shape index (κ3) is 32.7. The lowest BCUT2D eigenvalue weighted by Gasteiger charge is -2.16. The summed E-state index contributed by atoms with van der Waals surface area (Å²) < 4.78 is 21.0. The Bertz CT molecular complexity index is 2070. The van der Waals surface area contributed by atoms with Crippen LogP contribution in [0.25, 0.3) is 0 Å². The van der Waals surface area contributed by atoms with Crippen molar-refractivity contribution in [2.45, 2.75) is 175 Å². The number of nitrogens with zero attached hydrogens (tertiary/aromatic N) is 3. The Morgan fingerprint density at radius 1 is 0.398 bits per heavy atom. The smallest absolute Gasteiger partial charge is 0.233 e. The molecular formula is C62H107N5O16. The molecule has 0 bridgehead atoms. The van der Waals surface area contributed by atoms with Crippen LogP contribution in [0.2, 0.25) is 0 Å². The molecule has 21 heteroatoms. The number of hydrogen-bond acceptors (Lipinski definition) is 16. The number of unbranched alkanes of at least 4 members (excludes halogenated alkanes) is 2. The molecule has 3 heterocycles. The van der Waals surface area contributed by atoms with E-state index < -0.39 is 0 Å². The Morgan fingerprint density at radius 3 is 1.08 bits per heavy atom. The molecule has 3 aliphatic rings. The summed E-state index contributed by atoms with van der Waals surface area (Å²) >= 11 is 0. The second kappa shape index (κ2) is 42.6. The molecular weight excluding hydrogens is 1070 g/mol. The molecule has 8 amide bonds. The van der Waals surface area contributed by atoms with Gasteiger partial charge < -0.3 is 29.6 Å². The van der Waals surface area contributed by atoms with Crippen LogP contribution in [-0.4, -0.2) is 171 Å². The normalized spacial score (nSPS) is 17.1. The molecule has 3 fully saturated rings. The van der Waals surface area contributed by atoms with Gasteiger partial charge in [0.25, 0.3) is 0 Å². The average molecular weight is 1180 g/mol. The van der Waals surface area contributed by atoms with Gasteiger partial charge in [0.2, 0.25) is 47.3 Å². The lowest BCUT2D eigenvalue weighted by Crippen LogP contribution is -2.36. The topological polar surface area (TPSA) is 276 Å². The van der Waals surface area contributed by atoms with Crippen molar-refractivity contribution in [1.82, 2.24) is 25.3 Å². The van der Waals surface area contributed by atoms with E-state index in [0.29, 0.717) is 90.9 Å². The monoisotopic (exact) mass is 1180 g/mol. The number of ether oxygens (including phenoxy) is 4. The third-order valence-electron chi connectivity index (χ3n) is 14.2. The lowest BCUT2D eigenvalue weighted by molar-refractivity contribution is -0.142. The molecule has 3 aliphatic heterocycles. The van der Waals surface area contributed by atoms with Crippen LogP contribution < -0.4 is 10.6 Å². The summed E-state index contributed by atoms with van der Waals surface area (Å²) in [6.45, 7) is 34.8. The zero-order chi connectivity index (χ0) is 63.5. The number of ketones is 4. The van der Waals surface area contributed by atoms with Gasteiger partial charge in [0.1, 0.15) is 24.8 Å². The molecule has 0 aromatic heterocycles. The quantitative estimate of drug-likeness (QED) is 0.0488. The molecule has 0 aromatic carbocycles. The van der Waals surface area contributed by atoms with Gasteiger partial charge in [-0.1, -0.05) is 117 Å².